The molecule has 45 heavy (non-hydrogen) atoms. The molecule has 1 aromatic heterocycles. The number of rotatable bonds is 4. The molecule has 2 aliphatic rings. The molecule has 234 valence electrons. The molecule has 1 amide bonds. The van der Waals surface area contributed by atoms with Gasteiger partial charge >= 0.3 is 11.9 Å². The van der Waals surface area contributed by atoms with E-state index >= 15 is 0 Å². The fourth-order valence-electron chi connectivity index (χ4n) is 6.50. The number of hydrogen-bond acceptors (Lipinski definition) is 5. The Morgan fingerprint density at radius 1 is 0.978 bits per heavy atom. The molecule has 0 aliphatic carbocycles. The van der Waals surface area contributed by atoms with E-state index in [-0.39, 0.29) is 70.8 Å². The van der Waals surface area contributed by atoms with E-state index < -0.39 is 29.1 Å². The number of hydrogen-bond donors (Lipinski definition) is 0. The van der Waals surface area contributed by atoms with Crippen LogP contribution >= 0.6 is 11.8 Å². The highest BCUT2D eigenvalue weighted by Crippen LogP contribution is 2.49. The van der Waals surface area contributed by atoms with E-state index in [0.29, 0.717) is 11.3 Å². The van der Waals surface area contributed by atoms with Crippen molar-refractivity contribution in [1.29, 1.82) is 0 Å². The Morgan fingerprint density at radius 2 is 1.58 bits per heavy atom. The maximum absolute atomic E-state index is 14.9. The van der Waals surface area contributed by atoms with E-state index in [4.69, 9.17) is 0 Å². The molecule has 12 heteroatoms. The van der Waals surface area contributed by atoms with Crippen LogP contribution in [0.2, 0.25) is 0 Å². The summed E-state index contributed by atoms with van der Waals surface area (Å²) in [5.41, 5.74) is -0.525. The molecule has 0 radical (unpaired) electrons. The topological polar surface area (TPSA) is 58.4 Å². The number of thioether (sulfide) groups is 1. The average molecular weight is 641 g/mol. The van der Waals surface area contributed by atoms with E-state index in [1.807, 2.05) is 13.8 Å². The third kappa shape index (κ3) is 5.60. The van der Waals surface area contributed by atoms with Crippen LogP contribution in [-0.2, 0) is 17.5 Å². The Morgan fingerprint density at radius 3 is 2.16 bits per heavy atom. The number of halogens is 5. The summed E-state index contributed by atoms with van der Waals surface area (Å²) >= 11 is 1.18. The van der Waals surface area contributed by atoms with Crippen LogP contribution in [0.4, 0.5) is 27.8 Å². The summed E-state index contributed by atoms with van der Waals surface area (Å²) in [6, 6.07) is 11.0. The molecule has 0 spiro atoms. The number of carbonyl (C=O) groups excluding carboxylic acids is 1. The van der Waals surface area contributed by atoms with Crippen molar-refractivity contribution in [3.63, 3.8) is 0 Å². The first-order valence-electron chi connectivity index (χ1n) is 14.4. The highest BCUT2D eigenvalue weighted by Gasteiger charge is 2.40. The first-order chi connectivity index (χ1) is 21.4. The molecule has 4 aromatic rings. The van der Waals surface area contributed by atoms with Crippen molar-refractivity contribution in [3.05, 3.63) is 100 Å². The molecule has 6 nitrogen and oxygen atoms in total. The number of nitrogens with zero attached hydrogens (tertiary/aromatic N) is 4. The predicted octanol–water partition coefficient (Wildman–Crippen LogP) is 6.86. The van der Waals surface area contributed by atoms with Gasteiger partial charge in [-0.2, -0.15) is 18.2 Å². The van der Waals surface area contributed by atoms with Gasteiger partial charge in [0.05, 0.1) is 11.1 Å². The van der Waals surface area contributed by atoms with Gasteiger partial charge in [0.1, 0.15) is 17.5 Å². The minimum Gasteiger partial charge on any atom is -0.352 e. The molecule has 3 heterocycles. The summed E-state index contributed by atoms with van der Waals surface area (Å²) < 4.78 is 73.9. The van der Waals surface area contributed by atoms with Crippen molar-refractivity contribution in [2.24, 2.45) is 0 Å². The lowest BCUT2D eigenvalue weighted by Gasteiger charge is -2.44. The largest absolute Gasteiger partial charge is 0.417 e. The zero-order valence-corrected chi connectivity index (χ0v) is 25.3. The van der Waals surface area contributed by atoms with Gasteiger partial charge in [-0.15, -0.1) is 11.8 Å². The third-order valence-electron chi connectivity index (χ3n) is 8.46. The quantitative estimate of drug-likeness (QED) is 0.180. The Kier molecular flexibility index (Phi) is 7.96. The van der Waals surface area contributed by atoms with Crippen LogP contribution in [0.1, 0.15) is 30.9 Å². The molecule has 6 rings (SSSR count). The first-order valence-corrected chi connectivity index (χ1v) is 15.4. The monoisotopic (exact) mass is 640 g/mol. The van der Waals surface area contributed by atoms with Gasteiger partial charge < -0.3 is 9.80 Å². The fourth-order valence-corrected chi connectivity index (χ4v) is 7.89. The summed E-state index contributed by atoms with van der Waals surface area (Å²) in [4.78, 5) is 34.4. The van der Waals surface area contributed by atoms with Crippen LogP contribution in [0.25, 0.3) is 22.0 Å². The second-order valence-corrected chi connectivity index (χ2v) is 12.5. The number of carbonyl (C=O) groups is 1. The van der Waals surface area contributed by atoms with Gasteiger partial charge in [0.2, 0.25) is 5.91 Å². The molecule has 1 unspecified atom stereocenters. The Labute approximate surface area is 260 Å². The van der Waals surface area contributed by atoms with E-state index in [0.717, 1.165) is 23.8 Å². The van der Waals surface area contributed by atoms with Gasteiger partial charge in [-0.1, -0.05) is 30.8 Å². The van der Waals surface area contributed by atoms with Gasteiger partial charge in [0.25, 0.3) is 0 Å². The van der Waals surface area contributed by atoms with Gasteiger partial charge in [-0.25, -0.2) is 13.6 Å². The minimum absolute atomic E-state index is 0.105. The van der Waals surface area contributed by atoms with Crippen molar-refractivity contribution >= 4 is 34.4 Å². The summed E-state index contributed by atoms with van der Waals surface area (Å²) in [6.07, 6.45) is -3.58. The lowest BCUT2D eigenvalue weighted by molar-refractivity contribution is -0.137. The molecular weight excluding hydrogens is 611 g/mol. The van der Waals surface area contributed by atoms with Crippen LogP contribution < -0.4 is 10.6 Å². The Bertz CT molecular complexity index is 1850. The van der Waals surface area contributed by atoms with Crippen molar-refractivity contribution in [3.8, 4) is 11.1 Å². The Balaban J connectivity index is 1.62. The van der Waals surface area contributed by atoms with Crippen molar-refractivity contribution in [2.45, 2.75) is 49.5 Å². The number of amides is 1. The molecule has 2 aliphatic heterocycles. The molecule has 0 N–H and O–H groups in total. The van der Waals surface area contributed by atoms with Gasteiger partial charge in [-0.3, -0.25) is 9.36 Å². The van der Waals surface area contributed by atoms with Gasteiger partial charge in [0.15, 0.2) is 0 Å². The number of aromatic nitrogens is 2. The number of benzene rings is 3. The standard InChI is InChI=1S/C33H29F5N4O2S/c1-4-27(43)42-18(2)14-40(15-19(42)3)31-25-13-26(33(36,37)38)28(21-7-11-24(35)12-8-21)30-29(25)41(32(44)39-31)16-22(17-45-30)20-5-9-23(34)10-6-20/h4-13,18-19,22H,1,14-17H2,2-3H3/t18-,19+,22?. The lowest BCUT2D eigenvalue weighted by atomic mass is 9.95. The molecule has 1 saturated heterocycles. The molecule has 3 aromatic carbocycles. The van der Waals surface area contributed by atoms with Crippen LogP contribution in [0, 0.1) is 11.6 Å². The molecule has 3 atom stereocenters. The van der Waals surface area contributed by atoms with Crippen molar-refractivity contribution in [2.75, 3.05) is 23.7 Å². The van der Waals surface area contributed by atoms with Crippen molar-refractivity contribution < 1.29 is 26.7 Å². The highest BCUT2D eigenvalue weighted by atomic mass is 32.2. The zero-order valence-electron chi connectivity index (χ0n) is 24.4. The molecule has 0 saturated carbocycles. The maximum atomic E-state index is 14.9. The Hall–Kier alpha value is -4.19. The summed E-state index contributed by atoms with van der Waals surface area (Å²) in [6.45, 7) is 7.79. The van der Waals surface area contributed by atoms with Crippen LogP contribution in [0.15, 0.2) is 76.9 Å². The lowest BCUT2D eigenvalue weighted by Crippen LogP contribution is -2.58. The zero-order chi connectivity index (χ0) is 32.2. The summed E-state index contributed by atoms with van der Waals surface area (Å²) in [7, 11) is 0. The molecule has 1 fully saturated rings. The number of anilines is 1. The molecular formula is C33H29F5N4O2S. The predicted molar refractivity (Wildman–Crippen MR) is 164 cm³/mol. The van der Waals surface area contributed by atoms with E-state index in [1.165, 1.54) is 46.7 Å². The first kappa shape index (κ1) is 30.8. The highest BCUT2D eigenvalue weighted by molar-refractivity contribution is 7.99. The van der Waals surface area contributed by atoms with Gasteiger partial charge in [0, 0.05) is 59.2 Å². The maximum Gasteiger partial charge on any atom is 0.417 e. The van der Waals surface area contributed by atoms with Crippen LogP contribution in [-0.4, -0.2) is 51.3 Å². The fraction of sp³-hybridized carbons (Fsp3) is 0.303. The summed E-state index contributed by atoms with van der Waals surface area (Å²) in [5, 5.41) is 0.151. The van der Waals surface area contributed by atoms with E-state index in [2.05, 4.69) is 11.6 Å². The second kappa shape index (κ2) is 11.6. The number of piperazine rings is 1. The van der Waals surface area contributed by atoms with Crippen LogP contribution in [0.5, 0.6) is 0 Å². The smallest absolute Gasteiger partial charge is 0.352 e. The third-order valence-corrected chi connectivity index (χ3v) is 9.71. The SMILES string of the molecule is C=CC(=O)N1[C@H](C)CN(c2nc(=O)n3c4c(c(-c5ccc(F)cc5)c(C(F)(F)F)cc24)SCC(c2ccc(F)cc2)C3)C[C@@H]1C. The number of alkyl halides is 3. The molecule has 0 bridgehead atoms. The van der Waals surface area contributed by atoms with Gasteiger partial charge in [-0.05, 0) is 61.4 Å². The van der Waals surface area contributed by atoms with Crippen LogP contribution in [0.3, 0.4) is 0 Å². The minimum atomic E-state index is -4.80. The van der Waals surface area contributed by atoms with E-state index in [1.54, 1.807) is 21.9 Å². The van der Waals surface area contributed by atoms with Crippen molar-refractivity contribution in [1.82, 2.24) is 14.5 Å². The normalized spacial score (nSPS) is 20.3. The second-order valence-electron chi connectivity index (χ2n) is 11.5. The average Bonchev–Trinajstić information content (AvgIpc) is 3.20. The van der Waals surface area contributed by atoms with E-state index in [9.17, 15) is 31.5 Å². The summed E-state index contributed by atoms with van der Waals surface area (Å²) in [5.74, 6) is -1.23.